The van der Waals surface area contributed by atoms with Crippen LogP contribution in [-0.2, 0) is 17.8 Å². The van der Waals surface area contributed by atoms with Crippen LogP contribution in [0.25, 0.3) is 0 Å². The van der Waals surface area contributed by atoms with Crippen molar-refractivity contribution in [3.63, 3.8) is 0 Å². The van der Waals surface area contributed by atoms with Crippen molar-refractivity contribution in [3.05, 3.63) is 76.5 Å². The molecule has 0 aliphatic carbocycles. The van der Waals surface area contributed by atoms with E-state index in [1.807, 2.05) is 0 Å². The molecule has 1 unspecified atom stereocenters. The van der Waals surface area contributed by atoms with E-state index in [-0.39, 0.29) is 11.9 Å². The maximum atomic E-state index is 11.6. The van der Waals surface area contributed by atoms with Gasteiger partial charge in [0, 0.05) is 30.9 Å². The lowest BCUT2D eigenvalue weighted by Crippen LogP contribution is -2.39. The number of carbonyl (C=O) groups excluding carboxylic acids is 1. The van der Waals surface area contributed by atoms with Gasteiger partial charge in [0.15, 0.2) is 5.78 Å². The first-order valence-electron chi connectivity index (χ1n) is 11.0. The summed E-state index contributed by atoms with van der Waals surface area (Å²) < 4.78 is 0. The molecule has 2 aromatic carbocycles. The second-order valence-electron chi connectivity index (χ2n) is 7.68. The molecule has 0 radical (unpaired) electrons. The number of ketones is 1. The van der Waals surface area contributed by atoms with E-state index in [2.05, 4.69) is 91.8 Å². The number of carbonyl (C=O) groups is 1. The molecule has 31 heavy (non-hydrogen) atoms. The van der Waals surface area contributed by atoms with Crippen LogP contribution in [0.3, 0.4) is 0 Å². The lowest BCUT2D eigenvalue weighted by Gasteiger charge is -2.20. The maximum Gasteiger partial charge on any atom is 0.154 e. The van der Waals surface area contributed by atoms with Gasteiger partial charge < -0.3 is 16.4 Å². The monoisotopic (exact) mass is 424 g/mol. The van der Waals surface area contributed by atoms with Crippen LogP contribution >= 0.6 is 0 Å². The Bertz CT molecular complexity index is 845. The minimum Gasteiger partial charge on any atom is -0.385 e. The summed E-state index contributed by atoms with van der Waals surface area (Å²) >= 11 is 0. The molecule has 0 saturated carbocycles. The Morgan fingerprint density at radius 1 is 1.06 bits per heavy atom. The number of nitrogens with one attached hydrogen (secondary N) is 3. The van der Waals surface area contributed by atoms with Crippen LogP contribution in [0.4, 0.5) is 5.69 Å². The molecule has 5 nitrogen and oxygen atoms in total. The van der Waals surface area contributed by atoms with Crippen molar-refractivity contribution in [2.45, 2.75) is 60.2 Å². The van der Waals surface area contributed by atoms with Crippen molar-refractivity contribution < 1.29 is 4.79 Å². The zero-order chi connectivity index (χ0) is 23.2. The van der Waals surface area contributed by atoms with Crippen molar-refractivity contribution in [3.8, 4) is 0 Å². The highest BCUT2D eigenvalue weighted by molar-refractivity contribution is 5.87. The third-order valence-corrected chi connectivity index (χ3v) is 5.02. The molecule has 0 aliphatic heterocycles. The van der Waals surface area contributed by atoms with Crippen molar-refractivity contribution in [2.75, 3.05) is 18.9 Å². The Morgan fingerprint density at radius 3 is 2.42 bits per heavy atom. The fourth-order valence-corrected chi connectivity index (χ4v) is 3.18. The van der Waals surface area contributed by atoms with Crippen LogP contribution in [-0.4, -0.2) is 25.5 Å². The van der Waals surface area contributed by atoms with Gasteiger partial charge in [-0.05, 0) is 81.6 Å². The molecule has 0 saturated heterocycles. The summed E-state index contributed by atoms with van der Waals surface area (Å²) in [7, 11) is 1.50. The second-order valence-corrected chi connectivity index (χ2v) is 7.68. The zero-order valence-corrected chi connectivity index (χ0v) is 20.0. The highest BCUT2D eigenvalue weighted by Gasteiger charge is 2.06. The molecule has 0 heterocycles. The third-order valence-electron chi connectivity index (χ3n) is 5.02. The van der Waals surface area contributed by atoms with Gasteiger partial charge in [-0.25, -0.2) is 0 Å². The molecule has 170 valence electrons. The number of hydrogen-bond acceptors (Lipinski definition) is 5. The topological polar surface area (TPSA) is 79.2 Å². The lowest BCUT2D eigenvalue weighted by molar-refractivity contribution is -0.112. The van der Waals surface area contributed by atoms with Gasteiger partial charge in [0.2, 0.25) is 0 Å². The summed E-state index contributed by atoms with van der Waals surface area (Å²) in [6, 6.07) is 15.0. The molecule has 5 heteroatoms. The van der Waals surface area contributed by atoms with E-state index >= 15 is 0 Å². The molecule has 0 amide bonds. The average molecular weight is 425 g/mol. The fourth-order valence-electron chi connectivity index (χ4n) is 3.18. The quantitative estimate of drug-likeness (QED) is 0.317. The summed E-state index contributed by atoms with van der Waals surface area (Å²) in [4.78, 5) is 11.6. The van der Waals surface area contributed by atoms with E-state index in [0.29, 0.717) is 0 Å². The maximum absolute atomic E-state index is 11.6. The Kier molecular flexibility index (Phi) is 12.3. The molecular weight excluding hydrogens is 384 g/mol. The normalized spacial score (nSPS) is 11.9. The van der Waals surface area contributed by atoms with Crippen LogP contribution in [0.2, 0.25) is 0 Å². The summed E-state index contributed by atoms with van der Waals surface area (Å²) in [6.07, 6.45) is 3.55. The number of hydrogen-bond donors (Lipinski definition) is 4. The van der Waals surface area contributed by atoms with Crippen molar-refractivity contribution in [2.24, 2.45) is 5.73 Å². The number of nitrogens with two attached hydrogens (primary N) is 1. The number of rotatable bonds is 11. The van der Waals surface area contributed by atoms with Crippen molar-refractivity contribution >= 4 is 11.5 Å². The van der Waals surface area contributed by atoms with E-state index in [1.54, 1.807) is 13.0 Å². The lowest BCUT2D eigenvalue weighted by atomic mass is 10.1. The summed E-state index contributed by atoms with van der Waals surface area (Å²) in [5.74, 6) is 0.0570. The van der Waals surface area contributed by atoms with Crippen LogP contribution in [0, 0.1) is 13.8 Å². The molecule has 1 atom stereocenters. The summed E-state index contributed by atoms with van der Waals surface area (Å²) in [5, 5.41) is 10.4. The smallest absolute Gasteiger partial charge is 0.154 e. The van der Waals surface area contributed by atoms with E-state index in [4.69, 9.17) is 0 Å². The Morgan fingerprint density at radius 2 is 1.77 bits per heavy atom. The highest BCUT2D eigenvalue weighted by atomic mass is 16.1. The minimum atomic E-state index is 0.0570. The van der Waals surface area contributed by atoms with Crippen LogP contribution in [0.15, 0.2) is 54.2 Å². The molecule has 0 aromatic heterocycles. The van der Waals surface area contributed by atoms with Gasteiger partial charge in [0.25, 0.3) is 0 Å². The van der Waals surface area contributed by atoms with E-state index < -0.39 is 0 Å². The van der Waals surface area contributed by atoms with Gasteiger partial charge >= 0.3 is 0 Å². The SMILES string of the molecule is CCc1cccc(CNC(C)N/C(=C\C(C)=O)CCNc2ccc(C)c(C)c2)c1.CN. The van der Waals surface area contributed by atoms with Gasteiger partial charge in [-0.2, -0.15) is 0 Å². The minimum absolute atomic E-state index is 0.0570. The summed E-state index contributed by atoms with van der Waals surface area (Å²) in [5.41, 5.74) is 11.7. The Balaban J connectivity index is 0.00000233. The van der Waals surface area contributed by atoms with Gasteiger partial charge in [0.1, 0.15) is 0 Å². The molecule has 0 aliphatic rings. The fraction of sp³-hybridized carbons (Fsp3) is 0.423. The molecule has 2 aromatic rings. The van der Waals surface area contributed by atoms with Crippen molar-refractivity contribution in [1.29, 1.82) is 0 Å². The van der Waals surface area contributed by atoms with Crippen molar-refractivity contribution in [1.82, 2.24) is 10.6 Å². The largest absolute Gasteiger partial charge is 0.385 e. The molecular formula is C26H40N4O. The van der Waals surface area contributed by atoms with Crippen LogP contribution < -0.4 is 21.7 Å². The van der Waals surface area contributed by atoms with Gasteiger partial charge in [0.05, 0.1) is 6.17 Å². The molecule has 5 N–H and O–H groups in total. The van der Waals surface area contributed by atoms with E-state index in [9.17, 15) is 4.79 Å². The van der Waals surface area contributed by atoms with E-state index in [1.165, 1.54) is 29.3 Å². The first kappa shape index (κ1) is 26.4. The van der Waals surface area contributed by atoms with Gasteiger partial charge in [-0.15, -0.1) is 0 Å². The Hall–Kier alpha value is -2.63. The molecule has 0 fully saturated rings. The first-order chi connectivity index (χ1) is 14.9. The standard InChI is InChI=1S/C25H35N3O.CH5N/c1-6-22-8-7-9-23(16-22)17-27-21(5)28-25(15-20(4)29)12-13-26-24-11-10-18(2)19(3)14-24;1-2/h7-11,14-16,21,26-28H,6,12-13,17H2,1-5H3;2H2,1H3/b25-15-;. The average Bonchev–Trinajstić information content (AvgIpc) is 2.76. The first-order valence-corrected chi connectivity index (χ1v) is 11.0. The van der Waals surface area contributed by atoms with E-state index in [0.717, 1.165) is 37.3 Å². The number of anilines is 1. The number of allylic oxidation sites excluding steroid dienone is 1. The van der Waals surface area contributed by atoms with Crippen LogP contribution in [0.5, 0.6) is 0 Å². The number of aryl methyl sites for hydroxylation is 3. The Labute approximate surface area is 188 Å². The predicted octanol–water partition coefficient (Wildman–Crippen LogP) is 4.44. The van der Waals surface area contributed by atoms with Crippen LogP contribution in [0.1, 0.15) is 49.4 Å². The predicted molar refractivity (Wildman–Crippen MR) is 133 cm³/mol. The second kappa shape index (κ2) is 14.4. The van der Waals surface area contributed by atoms with Gasteiger partial charge in [-0.3, -0.25) is 10.1 Å². The zero-order valence-electron chi connectivity index (χ0n) is 20.0. The third kappa shape index (κ3) is 10.3. The van der Waals surface area contributed by atoms with Gasteiger partial charge in [-0.1, -0.05) is 37.3 Å². The number of benzene rings is 2. The molecule has 2 rings (SSSR count). The highest BCUT2D eigenvalue weighted by Crippen LogP contribution is 2.14. The molecule has 0 bridgehead atoms. The molecule has 0 spiro atoms. The summed E-state index contributed by atoms with van der Waals surface area (Å²) in [6.45, 7) is 11.6.